The zero-order valence-electron chi connectivity index (χ0n) is 10.9. The molecule has 0 aromatic heterocycles. The fourth-order valence-corrected chi connectivity index (χ4v) is 1.82. The van der Waals surface area contributed by atoms with Gasteiger partial charge in [-0.2, -0.15) is 0 Å². The monoisotopic (exact) mass is 251 g/mol. The van der Waals surface area contributed by atoms with Crippen LogP contribution in [0.25, 0.3) is 0 Å². The van der Waals surface area contributed by atoms with Gasteiger partial charge in [-0.3, -0.25) is 0 Å². The van der Waals surface area contributed by atoms with E-state index in [0.29, 0.717) is 5.75 Å². The first-order valence-electron chi connectivity index (χ1n) is 6.36. The van der Waals surface area contributed by atoms with Crippen LogP contribution in [0.1, 0.15) is 26.7 Å². The van der Waals surface area contributed by atoms with E-state index in [1.807, 2.05) is 19.9 Å². The molecule has 0 fully saturated rings. The Hall–Kier alpha value is -1.55. The molecular formula is C14H21NO3. The largest absolute Gasteiger partial charge is 0.412 e. The number of hydrogen-bond acceptors (Lipinski definition) is 3. The van der Waals surface area contributed by atoms with E-state index in [1.165, 1.54) is 0 Å². The van der Waals surface area contributed by atoms with Crippen LogP contribution < -0.4 is 10.1 Å². The minimum atomic E-state index is -0.536. The molecule has 4 heteroatoms. The maximum absolute atomic E-state index is 11.5. The smallest absolute Gasteiger partial charge is 0.410 e. The third-order valence-electron chi connectivity index (χ3n) is 3.00. The third kappa shape index (κ3) is 4.75. The van der Waals surface area contributed by atoms with Gasteiger partial charge in [0, 0.05) is 6.54 Å². The minimum absolute atomic E-state index is 0.210. The Morgan fingerprint density at radius 2 is 1.89 bits per heavy atom. The fourth-order valence-electron chi connectivity index (χ4n) is 1.82. The van der Waals surface area contributed by atoms with Crippen LogP contribution in [0, 0.1) is 5.92 Å². The number of ether oxygens (including phenoxy) is 1. The number of aliphatic hydroxyl groups excluding tert-OH is 1. The SMILES string of the molecule is CCC(CC)C(O)CNC(=O)Oc1ccccc1. The summed E-state index contributed by atoms with van der Waals surface area (Å²) in [7, 11) is 0. The number of carbonyl (C=O) groups is 1. The summed E-state index contributed by atoms with van der Waals surface area (Å²) in [6, 6.07) is 8.85. The van der Waals surface area contributed by atoms with Gasteiger partial charge in [0.1, 0.15) is 5.75 Å². The summed E-state index contributed by atoms with van der Waals surface area (Å²) in [5, 5.41) is 12.4. The van der Waals surface area contributed by atoms with E-state index in [1.54, 1.807) is 24.3 Å². The van der Waals surface area contributed by atoms with Crippen molar-refractivity contribution < 1.29 is 14.6 Å². The molecule has 0 saturated heterocycles. The summed E-state index contributed by atoms with van der Waals surface area (Å²) in [4.78, 5) is 11.5. The Morgan fingerprint density at radius 3 is 2.44 bits per heavy atom. The molecule has 0 radical (unpaired) electrons. The third-order valence-corrected chi connectivity index (χ3v) is 3.00. The van der Waals surface area contributed by atoms with E-state index in [2.05, 4.69) is 5.32 Å². The number of carbonyl (C=O) groups excluding carboxylic acids is 1. The van der Waals surface area contributed by atoms with E-state index in [9.17, 15) is 9.90 Å². The predicted octanol–water partition coefficient (Wildman–Crippen LogP) is 2.57. The number of hydrogen-bond donors (Lipinski definition) is 2. The second-order valence-corrected chi connectivity index (χ2v) is 4.23. The molecule has 1 aromatic carbocycles. The first-order valence-corrected chi connectivity index (χ1v) is 6.36. The van der Waals surface area contributed by atoms with Crippen molar-refractivity contribution in [3.63, 3.8) is 0 Å². The predicted molar refractivity (Wildman–Crippen MR) is 70.5 cm³/mol. The molecule has 1 atom stereocenters. The molecule has 0 bridgehead atoms. The summed E-state index contributed by atoms with van der Waals surface area (Å²) in [5.74, 6) is 0.703. The quantitative estimate of drug-likeness (QED) is 0.817. The van der Waals surface area contributed by atoms with Crippen LogP contribution in [0.4, 0.5) is 4.79 Å². The lowest BCUT2D eigenvalue weighted by atomic mass is 9.97. The highest BCUT2D eigenvalue weighted by Gasteiger charge is 2.16. The van der Waals surface area contributed by atoms with E-state index < -0.39 is 12.2 Å². The zero-order valence-corrected chi connectivity index (χ0v) is 10.9. The van der Waals surface area contributed by atoms with Crippen LogP contribution >= 0.6 is 0 Å². The van der Waals surface area contributed by atoms with Gasteiger partial charge in [0.25, 0.3) is 0 Å². The Balaban J connectivity index is 2.33. The van der Waals surface area contributed by atoms with Crippen molar-refractivity contribution in [3.8, 4) is 5.75 Å². The van der Waals surface area contributed by atoms with Crippen molar-refractivity contribution in [2.24, 2.45) is 5.92 Å². The molecule has 18 heavy (non-hydrogen) atoms. The van der Waals surface area contributed by atoms with Crippen LogP contribution in [0.15, 0.2) is 30.3 Å². The molecule has 100 valence electrons. The standard InChI is InChI=1S/C14H21NO3/c1-3-11(4-2)13(16)10-15-14(17)18-12-8-6-5-7-9-12/h5-9,11,13,16H,3-4,10H2,1-2H3,(H,15,17). The summed E-state index contributed by atoms with van der Waals surface area (Å²) >= 11 is 0. The highest BCUT2D eigenvalue weighted by atomic mass is 16.6. The molecule has 0 aliphatic rings. The molecule has 0 aliphatic carbocycles. The zero-order chi connectivity index (χ0) is 13.4. The lowest BCUT2D eigenvalue weighted by molar-refractivity contribution is 0.100. The number of rotatable bonds is 6. The van der Waals surface area contributed by atoms with Crippen molar-refractivity contribution in [2.75, 3.05) is 6.54 Å². The van der Waals surface area contributed by atoms with Crippen LogP contribution in [-0.4, -0.2) is 23.8 Å². The van der Waals surface area contributed by atoms with Crippen LogP contribution in [-0.2, 0) is 0 Å². The first kappa shape index (κ1) is 14.5. The molecule has 1 rings (SSSR count). The van der Waals surface area contributed by atoms with Crippen LogP contribution in [0.2, 0.25) is 0 Å². The van der Waals surface area contributed by atoms with Crippen molar-refractivity contribution in [1.82, 2.24) is 5.32 Å². The van der Waals surface area contributed by atoms with Gasteiger partial charge in [-0.15, -0.1) is 0 Å². The maximum atomic E-state index is 11.5. The summed E-state index contributed by atoms with van der Waals surface area (Å²) < 4.78 is 5.05. The molecule has 0 spiro atoms. The fraction of sp³-hybridized carbons (Fsp3) is 0.500. The van der Waals surface area contributed by atoms with E-state index in [4.69, 9.17) is 4.74 Å². The number of nitrogens with one attached hydrogen (secondary N) is 1. The van der Waals surface area contributed by atoms with Gasteiger partial charge >= 0.3 is 6.09 Å². The van der Waals surface area contributed by atoms with Crippen molar-refractivity contribution >= 4 is 6.09 Å². The summed E-state index contributed by atoms with van der Waals surface area (Å²) in [5.41, 5.74) is 0. The van der Waals surface area contributed by atoms with Crippen LogP contribution in [0.5, 0.6) is 5.75 Å². The van der Waals surface area contributed by atoms with Gasteiger partial charge in [-0.25, -0.2) is 4.79 Å². The number of aliphatic hydroxyl groups is 1. The lowest BCUT2D eigenvalue weighted by Gasteiger charge is -2.20. The Bertz CT molecular complexity index is 349. The molecular weight excluding hydrogens is 230 g/mol. The highest BCUT2D eigenvalue weighted by Crippen LogP contribution is 2.12. The number of para-hydroxylation sites is 1. The minimum Gasteiger partial charge on any atom is -0.410 e. The lowest BCUT2D eigenvalue weighted by Crippen LogP contribution is -2.37. The second kappa shape index (κ2) is 7.71. The first-order chi connectivity index (χ1) is 8.67. The summed E-state index contributed by atoms with van der Waals surface area (Å²) in [6.45, 7) is 4.28. The molecule has 4 nitrogen and oxygen atoms in total. The molecule has 0 aliphatic heterocycles. The molecule has 2 N–H and O–H groups in total. The van der Waals surface area contributed by atoms with Crippen molar-refractivity contribution in [2.45, 2.75) is 32.8 Å². The van der Waals surface area contributed by atoms with Gasteiger partial charge < -0.3 is 15.2 Å². The molecule has 1 amide bonds. The average molecular weight is 251 g/mol. The Labute approximate surface area is 108 Å². The van der Waals surface area contributed by atoms with Gasteiger partial charge in [0.15, 0.2) is 0 Å². The topological polar surface area (TPSA) is 58.6 Å². The van der Waals surface area contributed by atoms with Gasteiger partial charge in [0.2, 0.25) is 0 Å². The van der Waals surface area contributed by atoms with E-state index in [0.717, 1.165) is 12.8 Å². The maximum Gasteiger partial charge on any atom is 0.412 e. The van der Waals surface area contributed by atoms with E-state index in [-0.39, 0.29) is 12.5 Å². The van der Waals surface area contributed by atoms with E-state index >= 15 is 0 Å². The Kier molecular flexibility index (Phi) is 6.22. The molecule has 0 heterocycles. The molecule has 0 saturated carbocycles. The number of benzene rings is 1. The van der Waals surface area contributed by atoms with Crippen LogP contribution in [0.3, 0.4) is 0 Å². The van der Waals surface area contributed by atoms with Crippen molar-refractivity contribution in [1.29, 1.82) is 0 Å². The molecule has 1 aromatic rings. The Morgan fingerprint density at radius 1 is 1.28 bits per heavy atom. The second-order valence-electron chi connectivity index (χ2n) is 4.23. The highest BCUT2D eigenvalue weighted by molar-refractivity contribution is 5.70. The number of amides is 1. The normalized spacial score (nSPS) is 12.2. The van der Waals surface area contributed by atoms with Gasteiger partial charge in [0.05, 0.1) is 6.10 Å². The van der Waals surface area contributed by atoms with Gasteiger partial charge in [-0.05, 0) is 18.1 Å². The average Bonchev–Trinajstić information content (AvgIpc) is 2.39. The van der Waals surface area contributed by atoms with Crippen molar-refractivity contribution in [3.05, 3.63) is 30.3 Å². The summed E-state index contributed by atoms with van der Waals surface area (Å²) in [6.07, 6.45) is 0.731. The molecule has 1 unspecified atom stereocenters. The van der Waals surface area contributed by atoms with Gasteiger partial charge in [-0.1, -0.05) is 44.9 Å².